The molecule has 0 saturated heterocycles. The maximum absolute atomic E-state index is 13.6. The Balaban J connectivity index is 1.97. The summed E-state index contributed by atoms with van der Waals surface area (Å²) < 4.78 is 1.77. The number of thioether (sulfide) groups is 1. The summed E-state index contributed by atoms with van der Waals surface area (Å²) in [4.78, 5) is 20.8. The summed E-state index contributed by atoms with van der Waals surface area (Å²) >= 11 is 9.73. The first kappa shape index (κ1) is 19.0. The zero-order valence-electron chi connectivity index (χ0n) is 15.8. The summed E-state index contributed by atoms with van der Waals surface area (Å²) in [6.07, 6.45) is 4.41. The number of thiophene rings is 1. The van der Waals surface area contributed by atoms with E-state index in [1.165, 1.54) is 16.9 Å². The van der Waals surface area contributed by atoms with Gasteiger partial charge >= 0.3 is 0 Å². The summed E-state index contributed by atoms with van der Waals surface area (Å²) in [5, 5.41) is 2.26. The molecule has 1 aliphatic rings. The average molecular weight is 419 g/mol. The van der Waals surface area contributed by atoms with Crippen molar-refractivity contribution in [3.8, 4) is 5.69 Å². The van der Waals surface area contributed by atoms with Gasteiger partial charge in [-0.3, -0.25) is 9.36 Å². The van der Waals surface area contributed by atoms with Gasteiger partial charge in [-0.25, -0.2) is 4.98 Å². The maximum Gasteiger partial charge on any atom is 0.267 e. The van der Waals surface area contributed by atoms with Crippen molar-refractivity contribution in [1.29, 1.82) is 0 Å². The van der Waals surface area contributed by atoms with E-state index in [9.17, 15) is 4.79 Å². The lowest BCUT2D eigenvalue weighted by Gasteiger charge is -2.15. The molecule has 0 fully saturated rings. The highest BCUT2D eigenvalue weighted by Crippen LogP contribution is 2.35. The molecular weight excluding hydrogens is 396 g/mol. The van der Waals surface area contributed by atoms with Crippen molar-refractivity contribution in [3.63, 3.8) is 0 Å². The first-order valence-corrected chi connectivity index (χ1v) is 11.6. The van der Waals surface area contributed by atoms with Crippen molar-refractivity contribution in [3.05, 3.63) is 49.6 Å². The minimum Gasteiger partial charge on any atom is -0.268 e. The number of hydrogen-bond acceptors (Lipinski definition) is 4. The second-order valence-corrected chi connectivity index (χ2v) is 10.0. The summed E-state index contributed by atoms with van der Waals surface area (Å²) in [7, 11) is 0. The Morgan fingerprint density at radius 3 is 2.81 bits per heavy atom. The number of aromatic nitrogens is 2. The Labute approximate surface area is 172 Å². The summed E-state index contributed by atoms with van der Waals surface area (Å²) in [5.74, 6) is 1.44. The predicted molar refractivity (Wildman–Crippen MR) is 117 cm³/mol. The van der Waals surface area contributed by atoms with Crippen molar-refractivity contribution < 1.29 is 0 Å². The van der Waals surface area contributed by atoms with Crippen LogP contribution in [0.4, 0.5) is 0 Å². The van der Waals surface area contributed by atoms with Crippen LogP contribution in [0.3, 0.4) is 0 Å². The molecule has 142 valence electrons. The largest absolute Gasteiger partial charge is 0.268 e. The minimum atomic E-state index is 0.0468. The zero-order valence-corrected chi connectivity index (χ0v) is 18.2. The van der Waals surface area contributed by atoms with Gasteiger partial charge in [0.15, 0.2) is 5.16 Å². The summed E-state index contributed by atoms with van der Waals surface area (Å²) in [5.41, 5.74) is 3.08. The summed E-state index contributed by atoms with van der Waals surface area (Å²) in [6.45, 7) is 6.33. The van der Waals surface area contributed by atoms with Crippen molar-refractivity contribution >= 4 is 44.9 Å². The van der Waals surface area contributed by atoms with E-state index in [1.54, 1.807) is 27.7 Å². The minimum absolute atomic E-state index is 0.0468. The average Bonchev–Trinajstić information content (AvgIpc) is 3.01. The molecular formula is C21H23ClN2OS2. The van der Waals surface area contributed by atoms with Gasteiger partial charge in [0.1, 0.15) is 4.83 Å². The number of nitrogens with zero attached hydrogens (tertiary/aromatic N) is 2. The Morgan fingerprint density at radius 1 is 1.30 bits per heavy atom. The van der Waals surface area contributed by atoms with Gasteiger partial charge in [-0.05, 0) is 61.8 Å². The van der Waals surface area contributed by atoms with Crippen LogP contribution in [0.1, 0.15) is 42.7 Å². The molecule has 0 atom stereocenters. The van der Waals surface area contributed by atoms with Crippen molar-refractivity contribution in [2.75, 3.05) is 5.75 Å². The standard InChI is InChI=1S/C21H23ClN2OS2/c1-12(2)11-26-21-23-19-18(15-6-4-5-7-17(15)27-19)20(25)24(21)14-9-8-13(3)16(22)10-14/h8-10,12H,4-7,11H2,1-3H3. The van der Waals surface area contributed by atoms with Gasteiger partial charge in [-0.1, -0.05) is 43.3 Å². The maximum atomic E-state index is 13.6. The third-order valence-corrected chi connectivity index (χ3v) is 7.88. The molecule has 2 heterocycles. The van der Waals surface area contributed by atoms with Crippen LogP contribution in [0.15, 0.2) is 28.2 Å². The molecule has 3 nitrogen and oxygen atoms in total. The highest BCUT2D eigenvalue weighted by molar-refractivity contribution is 7.99. The van der Waals surface area contributed by atoms with E-state index in [0.29, 0.717) is 10.9 Å². The van der Waals surface area contributed by atoms with Crippen LogP contribution in [0.2, 0.25) is 5.02 Å². The quantitative estimate of drug-likeness (QED) is 0.383. The summed E-state index contributed by atoms with van der Waals surface area (Å²) in [6, 6.07) is 5.81. The molecule has 27 heavy (non-hydrogen) atoms. The molecule has 0 bridgehead atoms. The second-order valence-electron chi connectivity index (χ2n) is 7.56. The Bertz CT molecular complexity index is 1070. The van der Waals surface area contributed by atoms with Gasteiger partial charge in [0.25, 0.3) is 5.56 Å². The smallest absolute Gasteiger partial charge is 0.267 e. The molecule has 2 aromatic heterocycles. The van der Waals surface area contributed by atoms with Gasteiger partial charge < -0.3 is 0 Å². The molecule has 0 aliphatic heterocycles. The Hall–Kier alpha value is -1.30. The molecule has 0 N–H and O–H groups in total. The second kappa shape index (κ2) is 7.61. The third kappa shape index (κ3) is 3.57. The predicted octanol–water partition coefficient (Wildman–Crippen LogP) is 6.04. The highest BCUT2D eigenvalue weighted by atomic mass is 35.5. The normalized spacial score (nSPS) is 14.1. The van der Waals surface area contributed by atoms with E-state index in [-0.39, 0.29) is 5.56 Å². The fraction of sp³-hybridized carbons (Fsp3) is 0.429. The van der Waals surface area contributed by atoms with Crippen molar-refractivity contribution in [2.45, 2.75) is 51.6 Å². The molecule has 3 aromatic rings. The van der Waals surface area contributed by atoms with Crippen LogP contribution in [0, 0.1) is 12.8 Å². The highest BCUT2D eigenvalue weighted by Gasteiger charge is 2.23. The Morgan fingerprint density at radius 2 is 2.07 bits per heavy atom. The Kier molecular flexibility index (Phi) is 5.36. The SMILES string of the molecule is Cc1ccc(-n2c(SCC(C)C)nc3sc4c(c3c2=O)CCCC4)cc1Cl. The van der Waals surface area contributed by atoms with Crippen LogP contribution in [-0.2, 0) is 12.8 Å². The monoisotopic (exact) mass is 418 g/mol. The van der Waals surface area contributed by atoms with E-state index in [2.05, 4.69) is 13.8 Å². The molecule has 1 aromatic carbocycles. The van der Waals surface area contributed by atoms with Crippen LogP contribution in [0.25, 0.3) is 15.9 Å². The lowest BCUT2D eigenvalue weighted by Crippen LogP contribution is -2.22. The number of halogens is 1. The number of benzene rings is 1. The van der Waals surface area contributed by atoms with Crippen LogP contribution >= 0.6 is 34.7 Å². The molecule has 4 rings (SSSR count). The lowest BCUT2D eigenvalue weighted by molar-refractivity contribution is 0.699. The zero-order chi connectivity index (χ0) is 19.1. The number of hydrogen-bond donors (Lipinski definition) is 0. The molecule has 0 unspecified atom stereocenters. The molecule has 1 aliphatic carbocycles. The van der Waals surface area contributed by atoms with Crippen LogP contribution in [0.5, 0.6) is 0 Å². The van der Waals surface area contributed by atoms with Gasteiger partial charge in [-0.2, -0.15) is 0 Å². The van der Waals surface area contributed by atoms with E-state index < -0.39 is 0 Å². The third-order valence-electron chi connectivity index (χ3n) is 4.92. The van der Waals surface area contributed by atoms with E-state index >= 15 is 0 Å². The topological polar surface area (TPSA) is 34.9 Å². The van der Waals surface area contributed by atoms with Crippen LogP contribution < -0.4 is 5.56 Å². The first-order chi connectivity index (χ1) is 13.0. The van der Waals surface area contributed by atoms with E-state index in [0.717, 1.165) is 51.6 Å². The van der Waals surface area contributed by atoms with Crippen molar-refractivity contribution in [2.24, 2.45) is 5.92 Å². The molecule has 0 saturated carbocycles. The van der Waals surface area contributed by atoms with Gasteiger partial charge in [-0.15, -0.1) is 11.3 Å². The van der Waals surface area contributed by atoms with Gasteiger partial charge in [0.05, 0.1) is 11.1 Å². The number of aryl methyl sites for hydroxylation is 3. The number of fused-ring (bicyclic) bond motifs is 3. The van der Waals surface area contributed by atoms with E-state index in [4.69, 9.17) is 16.6 Å². The van der Waals surface area contributed by atoms with E-state index in [1.807, 2.05) is 25.1 Å². The first-order valence-electron chi connectivity index (χ1n) is 9.42. The van der Waals surface area contributed by atoms with Gasteiger partial charge in [0.2, 0.25) is 0 Å². The van der Waals surface area contributed by atoms with Crippen molar-refractivity contribution in [1.82, 2.24) is 9.55 Å². The lowest BCUT2D eigenvalue weighted by atomic mass is 9.97. The molecule has 6 heteroatoms. The van der Waals surface area contributed by atoms with Crippen LogP contribution in [-0.4, -0.2) is 15.3 Å². The fourth-order valence-electron chi connectivity index (χ4n) is 3.47. The molecule has 0 radical (unpaired) electrons. The number of rotatable bonds is 4. The van der Waals surface area contributed by atoms with Gasteiger partial charge in [0, 0.05) is 15.7 Å². The molecule has 0 amide bonds. The molecule has 0 spiro atoms. The fourth-order valence-corrected chi connectivity index (χ4v) is 5.91.